The first-order valence-corrected chi connectivity index (χ1v) is 7.74. The van der Waals surface area contributed by atoms with Crippen molar-refractivity contribution in [2.45, 2.75) is 25.6 Å². The van der Waals surface area contributed by atoms with Crippen molar-refractivity contribution in [3.63, 3.8) is 0 Å². The van der Waals surface area contributed by atoms with Crippen molar-refractivity contribution >= 4 is 16.8 Å². The Morgan fingerprint density at radius 1 is 1.32 bits per heavy atom. The molecule has 1 aliphatic heterocycles. The van der Waals surface area contributed by atoms with Crippen molar-refractivity contribution in [3.05, 3.63) is 35.4 Å². The summed E-state index contributed by atoms with van der Waals surface area (Å²) in [6.07, 6.45) is 4.51. The normalized spacial score (nSPS) is 20.8. The topological polar surface area (TPSA) is 54.9 Å². The Balaban J connectivity index is 1.65. The molecule has 22 heavy (non-hydrogen) atoms. The Morgan fingerprint density at radius 2 is 2.14 bits per heavy atom. The average Bonchev–Trinajstić information content (AvgIpc) is 3.38. The number of rotatable bonds is 6. The van der Waals surface area contributed by atoms with Crippen molar-refractivity contribution in [2.75, 3.05) is 14.2 Å². The lowest BCUT2D eigenvalue weighted by atomic mass is 10.1. The monoisotopic (exact) mass is 321 g/mol. The summed E-state index contributed by atoms with van der Waals surface area (Å²) >= 11 is 6.14. The highest BCUT2D eigenvalue weighted by molar-refractivity contribution is 6.69. The molecule has 1 aromatic carbocycles. The van der Waals surface area contributed by atoms with E-state index in [1.54, 1.807) is 14.2 Å². The smallest absolute Gasteiger partial charge is 0.152 e. The van der Waals surface area contributed by atoms with Gasteiger partial charge in [0.2, 0.25) is 0 Å². The Kier molecular flexibility index (Phi) is 4.55. The van der Waals surface area contributed by atoms with Gasteiger partial charge in [-0.3, -0.25) is 10.7 Å². The summed E-state index contributed by atoms with van der Waals surface area (Å²) in [6, 6.07) is 5.80. The molecule has 1 heterocycles. The second-order valence-electron chi connectivity index (χ2n) is 5.46. The molecule has 0 saturated heterocycles. The molecule has 1 fully saturated rings. The van der Waals surface area contributed by atoms with Crippen LogP contribution in [0, 0.1) is 5.92 Å². The van der Waals surface area contributed by atoms with E-state index >= 15 is 0 Å². The van der Waals surface area contributed by atoms with E-state index < -0.39 is 0 Å². The van der Waals surface area contributed by atoms with E-state index in [2.05, 4.69) is 21.9 Å². The van der Waals surface area contributed by atoms with E-state index in [0.717, 1.165) is 22.6 Å². The number of halogens is 1. The van der Waals surface area contributed by atoms with Crippen molar-refractivity contribution in [2.24, 2.45) is 11.0 Å². The first-order chi connectivity index (χ1) is 10.7. The van der Waals surface area contributed by atoms with E-state index in [1.807, 2.05) is 18.2 Å². The SMILES string of the molecule is COc1ccc(CNC2C=C(C3CC3)C(Cl)=NN2)c(OC)c1. The molecule has 0 amide bonds. The summed E-state index contributed by atoms with van der Waals surface area (Å²) < 4.78 is 10.6. The summed E-state index contributed by atoms with van der Waals surface area (Å²) in [5.41, 5.74) is 5.23. The first kappa shape index (κ1) is 15.2. The highest BCUT2D eigenvalue weighted by Gasteiger charge is 2.30. The molecule has 1 aliphatic carbocycles. The molecule has 0 spiro atoms. The number of benzene rings is 1. The zero-order valence-corrected chi connectivity index (χ0v) is 13.5. The van der Waals surface area contributed by atoms with Crippen LogP contribution in [0.1, 0.15) is 18.4 Å². The maximum Gasteiger partial charge on any atom is 0.152 e. The van der Waals surface area contributed by atoms with Crippen LogP contribution >= 0.6 is 11.6 Å². The second-order valence-corrected chi connectivity index (χ2v) is 5.82. The van der Waals surface area contributed by atoms with E-state index in [0.29, 0.717) is 17.6 Å². The number of ether oxygens (including phenoxy) is 2. The molecule has 1 saturated carbocycles. The maximum absolute atomic E-state index is 6.14. The fraction of sp³-hybridized carbons (Fsp3) is 0.438. The van der Waals surface area contributed by atoms with Gasteiger partial charge in [-0.25, -0.2) is 0 Å². The number of methoxy groups -OCH3 is 2. The molecule has 1 atom stereocenters. The molecule has 0 bridgehead atoms. The number of hydrazone groups is 1. The molecular weight excluding hydrogens is 302 g/mol. The molecule has 5 nitrogen and oxygen atoms in total. The van der Waals surface area contributed by atoms with Gasteiger partial charge in [0, 0.05) is 18.2 Å². The molecule has 0 aromatic heterocycles. The number of nitrogens with zero attached hydrogens (tertiary/aromatic N) is 1. The average molecular weight is 322 g/mol. The second kappa shape index (κ2) is 6.58. The van der Waals surface area contributed by atoms with Crippen LogP contribution in [0.3, 0.4) is 0 Å². The van der Waals surface area contributed by atoms with Crippen molar-refractivity contribution in [1.29, 1.82) is 0 Å². The third-order valence-electron chi connectivity index (χ3n) is 3.91. The molecule has 0 radical (unpaired) electrons. The van der Waals surface area contributed by atoms with Gasteiger partial charge in [0.25, 0.3) is 0 Å². The zero-order valence-electron chi connectivity index (χ0n) is 12.7. The van der Waals surface area contributed by atoms with Crippen LogP contribution in [0.2, 0.25) is 0 Å². The van der Waals surface area contributed by atoms with E-state index in [4.69, 9.17) is 21.1 Å². The van der Waals surface area contributed by atoms with Crippen LogP contribution in [-0.4, -0.2) is 25.6 Å². The minimum atomic E-state index is -0.0232. The molecule has 1 aromatic rings. The minimum Gasteiger partial charge on any atom is -0.497 e. The first-order valence-electron chi connectivity index (χ1n) is 7.36. The van der Waals surface area contributed by atoms with Crippen LogP contribution in [0.5, 0.6) is 11.5 Å². The molecular formula is C16H20ClN3O2. The van der Waals surface area contributed by atoms with Crippen molar-refractivity contribution in [3.8, 4) is 11.5 Å². The summed E-state index contributed by atoms with van der Waals surface area (Å²) in [5, 5.41) is 8.18. The highest BCUT2D eigenvalue weighted by atomic mass is 35.5. The lowest BCUT2D eigenvalue weighted by molar-refractivity contribution is 0.388. The maximum atomic E-state index is 6.14. The Labute approximate surface area is 135 Å². The van der Waals surface area contributed by atoms with Gasteiger partial charge in [-0.2, -0.15) is 5.10 Å². The van der Waals surface area contributed by atoms with E-state index in [9.17, 15) is 0 Å². The third-order valence-corrected chi connectivity index (χ3v) is 4.21. The summed E-state index contributed by atoms with van der Waals surface area (Å²) in [7, 11) is 3.30. The molecule has 3 rings (SSSR count). The minimum absolute atomic E-state index is 0.0232. The van der Waals surface area contributed by atoms with Crippen LogP contribution in [0.4, 0.5) is 0 Å². The summed E-state index contributed by atoms with van der Waals surface area (Å²) in [6.45, 7) is 0.659. The van der Waals surface area contributed by atoms with Gasteiger partial charge >= 0.3 is 0 Å². The third kappa shape index (κ3) is 3.36. The van der Waals surface area contributed by atoms with Gasteiger partial charge in [-0.1, -0.05) is 17.7 Å². The lowest BCUT2D eigenvalue weighted by Gasteiger charge is -2.21. The standard InChI is InChI=1S/C16H20ClN3O2/c1-21-12-6-5-11(14(7-12)22-2)9-18-15-8-13(10-3-4-10)16(17)20-19-15/h5-8,10,15,18-19H,3-4,9H2,1-2H3. The van der Waals surface area contributed by atoms with Gasteiger partial charge in [0.1, 0.15) is 17.7 Å². The molecule has 1 unspecified atom stereocenters. The molecule has 2 aliphatic rings. The van der Waals surface area contributed by atoms with Gasteiger partial charge in [0.15, 0.2) is 5.17 Å². The number of hydrogen-bond acceptors (Lipinski definition) is 5. The number of nitrogens with one attached hydrogen (secondary N) is 2. The van der Waals surface area contributed by atoms with E-state index in [-0.39, 0.29) is 6.17 Å². The fourth-order valence-corrected chi connectivity index (χ4v) is 2.76. The summed E-state index contributed by atoms with van der Waals surface area (Å²) in [5.74, 6) is 2.16. The Hall–Kier alpha value is -1.72. The quantitative estimate of drug-likeness (QED) is 0.845. The predicted octanol–water partition coefficient (Wildman–Crippen LogP) is 2.61. The predicted molar refractivity (Wildman–Crippen MR) is 87.4 cm³/mol. The van der Waals surface area contributed by atoms with Gasteiger partial charge in [-0.05, 0) is 36.5 Å². The van der Waals surface area contributed by atoms with Crippen LogP contribution in [0.15, 0.2) is 34.9 Å². The van der Waals surface area contributed by atoms with Crippen molar-refractivity contribution in [1.82, 2.24) is 10.7 Å². The molecule has 6 heteroatoms. The van der Waals surface area contributed by atoms with Gasteiger partial charge < -0.3 is 9.47 Å². The van der Waals surface area contributed by atoms with Crippen LogP contribution < -0.4 is 20.2 Å². The largest absolute Gasteiger partial charge is 0.497 e. The lowest BCUT2D eigenvalue weighted by Crippen LogP contribution is -2.40. The molecule has 2 N–H and O–H groups in total. The van der Waals surface area contributed by atoms with Gasteiger partial charge in [-0.15, -0.1) is 0 Å². The Morgan fingerprint density at radius 3 is 2.82 bits per heavy atom. The van der Waals surface area contributed by atoms with Crippen molar-refractivity contribution < 1.29 is 9.47 Å². The number of hydrogen-bond donors (Lipinski definition) is 2. The molecule has 118 valence electrons. The Bertz CT molecular complexity index is 611. The zero-order chi connectivity index (χ0) is 15.5. The van der Waals surface area contributed by atoms with Crippen LogP contribution in [0.25, 0.3) is 0 Å². The van der Waals surface area contributed by atoms with E-state index in [1.165, 1.54) is 12.8 Å². The highest BCUT2D eigenvalue weighted by Crippen LogP contribution is 2.38. The number of allylic oxidation sites excluding steroid dienone is 1. The summed E-state index contributed by atoms with van der Waals surface area (Å²) in [4.78, 5) is 0. The van der Waals surface area contributed by atoms with Crippen LogP contribution in [-0.2, 0) is 6.54 Å². The van der Waals surface area contributed by atoms with Gasteiger partial charge in [0.05, 0.1) is 14.2 Å². The fourth-order valence-electron chi connectivity index (χ4n) is 2.50.